The number of ether oxygens (including phenoxy) is 1. The topological polar surface area (TPSA) is 55.2 Å². The maximum atomic E-state index is 5.75. The van der Waals surface area contributed by atoms with E-state index >= 15 is 0 Å². The molecular weight excluding hydrogens is 426 g/mol. The van der Waals surface area contributed by atoms with Crippen molar-refractivity contribution in [2.75, 3.05) is 20.3 Å². The number of aromatic nitrogens is 3. The van der Waals surface area contributed by atoms with Gasteiger partial charge in [-0.1, -0.05) is 29.5 Å². The highest BCUT2D eigenvalue weighted by Gasteiger charge is 2.41. The minimum Gasteiger partial charge on any atom is -0.385 e. The van der Waals surface area contributed by atoms with Crippen LogP contribution in [0.1, 0.15) is 29.9 Å². The molecule has 0 spiro atoms. The molecule has 6 nitrogen and oxygen atoms in total. The van der Waals surface area contributed by atoms with Crippen molar-refractivity contribution in [1.29, 1.82) is 0 Å². The molecule has 1 aromatic carbocycles. The summed E-state index contributed by atoms with van der Waals surface area (Å²) in [5.74, 6) is 0. The van der Waals surface area contributed by atoms with Crippen LogP contribution in [0.5, 0.6) is 0 Å². The molecule has 3 aromatic heterocycles. The Morgan fingerprint density at radius 1 is 1.13 bits per heavy atom. The van der Waals surface area contributed by atoms with Gasteiger partial charge in [-0.2, -0.15) is 0 Å². The summed E-state index contributed by atoms with van der Waals surface area (Å²) < 4.78 is 8.65. The number of nitrogens with one attached hydrogen (secondary N) is 1. The highest BCUT2D eigenvalue weighted by molar-refractivity contribution is 7.80. The molecule has 2 atom stereocenters. The first-order valence-corrected chi connectivity index (χ1v) is 11.5. The van der Waals surface area contributed by atoms with Gasteiger partial charge in [-0.3, -0.25) is 9.55 Å². The van der Waals surface area contributed by atoms with Gasteiger partial charge < -0.3 is 15.0 Å². The molecule has 1 aliphatic rings. The van der Waals surface area contributed by atoms with Gasteiger partial charge in [0.05, 0.1) is 33.7 Å². The molecule has 0 aliphatic carbocycles. The molecule has 5 rings (SSSR count). The fourth-order valence-electron chi connectivity index (χ4n) is 4.12. The first-order chi connectivity index (χ1) is 15.3. The Hall–Kier alpha value is -2.81. The van der Waals surface area contributed by atoms with Crippen LogP contribution in [0, 0.1) is 0 Å². The fourth-order valence-corrected chi connectivity index (χ4v) is 5.42. The Morgan fingerprint density at radius 2 is 2.00 bits per heavy atom. The summed E-state index contributed by atoms with van der Waals surface area (Å²) in [4.78, 5) is 11.8. The Labute approximate surface area is 190 Å². The molecule has 0 saturated carbocycles. The van der Waals surface area contributed by atoms with Crippen molar-refractivity contribution in [2.24, 2.45) is 0 Å². The zero-order valence-corrected chi connectivity index (χ0v) is 18.8. The van der Waals surface area contributed by atoms with Crippen LogP contribution in [0.3, 0.4) is 0 Å². The fraction of sp³-hybridized carbons (Fsp3) is 0.261. The normalized spacial score (nSPS) is 18.6. The van der Waals surface area contributed by atoms with E-state index in [1.165, 1.54) is 4.70 Å². The third-order valence-electron chi connectivity index (χ3n) is 5.52. The Bertz CT molecular complexity index is 1160. The summed E-state index contributed by atoms with van der Waals surface area (Å²) in [6.45, 7) is 1.50. The number of fused-ring (bicyclic) bond motifs is 1. The maximum Gasteiger partial charge on any atom is 0.194 e. The van der Waals surface area contributed by atoms with Crippen LogP contribution in [-0.4, -0.2) is 44.8 Å². The second kappa shape index (κ2) is 8.74. The Morgan fingerprint density at radius 3 is 2.81 bits per heavy atom. The molecule has 1 fully saturated rings. The van der Waals surface area contributed by atoms with Crippen LogP contribution in [0.25, 0.3) is 15.3 Å². The van der Waals surface area contributed by atoms with E-state index in [0.717, 1.165) is 40.1 Å². The summed E-state index contributed by atoms with van der Waals surface area (Å²) >= 11 is 7.45. The molecular formula is C23H23N5OS2. The second-order valence-electron chi connectivity index (χ2n) is 7.43. The highest BCUT2D eigenvalue weighted by Crippen LogP contribution is 2.40. The number of thiazole rings is 1. The van der Waals surface area contributed by atoms with Gasteiger partial charge in [-0.15, -0.1) is 0 Å². The van der Waals surface area contributed by atoms with Crippen LogP contribution in [0.15, 0.2) is 67.0 Å². The van der Waals surface area contributed by atoms with Gasteiger partial charge in [-0.05, 0) is 55.0 Å². The Kier molecular flexibility index (Phi) is 5.67. The molecule has 31 heavy (non-hydrogen) atoms. The summed E-state index contributed by atoms with van der Waals surface area (Å²) in [6.07, 6.45) is 4.81. The summed E-state index contributed by atoms with van der Waals surface area (Å²) in [6, 6.07) is 18.4. The van der Waals surface area contributed by atoms with Gasteiger partial charge in [0, 0.05) is 32.7 Å². The lowest BCUT2D eigenvalue weighted by molar-refractivity contribution is 0.180. The van der Waals surface area contributed by atoms with Crippen molar-refractivity contribution in [2.45, 2.75) is 18.5 Å². The van der Waals surface area contributed by atoms with Crippen molar-refractivity contribution in [3.63, 3.8) is 0 Å². The molecule has 0 radical (unpaired) electrons. The number of thiocarbonyl (C=S) groups is 1. The van der Waals surface area contributed by atoms with E-state index in [1.54, 1.807) is 18.4 Å². The summed E-state index contributed by atoms with van der Waals surface area (Å²) in [5.41, 5.74) is 3.13. The monoisotopic (exact) mass is 449 g/mol. The van der Waals surface area contributed by atoms with Crippen LogP contribution in [-0.2, 0) is 4.74 Å². The van der Waals surface area contributed by atoms with Crippen LogP contribution < -0.4 is 5.32 Å². The average molecular weight is 450 g/mol. The van der Waals surface area contributed by atoms with E-state index < -0.39 is 0 Å². The van der Waals surface area contributed by atoms with E-state index in [2.05, 4.69) is 62.4 Å². The van der Waals surface area contributed by atoms with Crippen LogP contribution in [0.4, 0.5) is 0 Å². The number of hydrogen-bond acceptors (Lipinski definition) is 5. The second-order valence-corrected chi connectivity index (χ2v) is 8.83. The third kappa shape index (κ3) is 3.82. The lowest BCUT2D eigenvalue weighted by atomic mass is 10.0. The zero-order chi connectivity index (χ0) is 21.2. The largest absolute Gasteiger partial charge is 0.385 e. The van der Waals surface area contributed by atoms with Crippen LogP contribution in [0.2, 0.25) is 0 Å². The van der Waals surface area contributed by atoms with Gasteiger partial charge in [0.1, 0.15) is 0 Å². The highest BCUT2D eigenvalue weighted by atomic mass is 32.1. The number of nitrogens with zero attached hydrogens (tertiary/aromatic N) is 4. The minimum absolute atomic E-state index is 0.00117. The van der Waals surface area contributed by atoms with Gasteiger partial charge in [0.2, 0.25) is 0 Å². The Balaban J connectivity index is 1.57. The predicted molar refractivity (Wildman–Crippen MR) is 128 cm³/mol. The van der Waals surface area contributed by atoms with Gasteiger partial charge in [0.25, 0.3) is 0 Å². The lowest BCUT2D eigenvalue weighted by Gasteiger charge is -2.28. The van der Waals surface area contributed by atoms with E-state index in [9.17, 15) is 0 Å². The number of pyridine rings is 1. The maximum absolute atomic E-state index is 5.75. The van der Waals surface area contributed by atoms with Crippen molar-refractivity contribution in [3.05, 3.63) is 78.4 Å². The summed E-state index contributed by atoms with van der Waals surface area (Å²) in [5, 5.41) is 5.21. The number of benzene rings is 1. The van der Waals surface area contributed by atoms with Crippen molar-refractivity contribution >= 4 is 38.9 Å². The van der Waals surface area contributed by atoms with Crippen molar-refractivity contribution < 1.29 is 4.74 Å². The van der Waals surface area contributed by atoms with Gasteiger partial charge in [-0.25, -0.2) is 4.98 Å². The minimum atomic E-state index is -0.0423. The van der Waals surface area contributed by atoms with Crippen LogP contribution >= 0.6 is 23.6 Å². The number of rotatable bonds is 7. The van der Waals surface area contributed by atoms with E-state index in [0.29, 0.717) is 6.61 Å². The van der Waals surface area contributed by atoms with E-state index in [1.807, 2.05) is 24.4 Å². The first kappa shape index (κ1) is 20.1. The molecule has 4 heterocycles. The molecule has 1 N–H and O–H groups in total. The number of para-hydroxylation sites is 1. The standard InChI is InChI=1S/C23H23N5OS2/c1-29-15-7-14-28-21(20(26-22(28)30)17-9-4-5-12-24-17)18-10-6-13-27(18)23-25-16-8-2-3-11-19(16)31-23/h2-6,8-13,20-21H,7,14-15H2,1H3,(H,26,30)/t20-,21-/m1/s1. The zero-order valence-electron chi connectivity index (χ0n) is 17.1. The smallest absolute Gasteiger partial charge is 0.194 e. The molecule has 1 saturated heterocycles. The first-order valence-electron chi connectivity index (χ1n) is 10.3. The third-order valence-corrected chi connectivity index (χ3v) is 6.91. The van der Waals surface area contributed by atoms with Gasteiger partial charge in [0.15, 0.2) is 10.2 Å². The molecule has 8 heteroatoms. The molecule has 4 aromatic rings. The molecule has 0 bridgehead atoms. The van der Waals surface area contributed by atoms with E-state index in [4.69, 9.17) is 21.9 Å². The molecule has 158 valence electrons. The molecule has 0 amide bonds. The molecule has 0 unspecified atom stereocenters. The molecule has 1 aliphatic heterocycles. The van der Waals surface area contributed by atoms with Crippen molar-refractivity contribution in [3.8, 4) is 5.13 Å². The number of hydrogen-bond donors (Lipinski definition) is 1. The van der Waals surface area contributed by atoms with Gasteiger partial charge >= 0.3 is 0 Å². The lowest BCUT2D eigenvalue weighted by Crippen LogP contribution is -2.32. The van der Waals surface area contributed by atoms with E-state index in [-0.39, 0.29) is 12.1 Å². The quantitative estimate of drug-likeness (QED) is 0.331. The van der Waals surface area contributed by atoms with Crippen molar-refractivity contribution in [1.82, 2.24) is 24.8 Å². The average Bonchev–Trinajstić information content (AvgIpc) is 3.51. The number of methoxy groups -OCH3 is 1. The SMILES string of the molecule is COCCCN1C(=S)N[C@H](c2ccccn2)[C@H]1c1cccn1-c1nc2ccccc2s1. The predicted octanol–water partition coefficient (Wildman–Crippen LogP) is 4.49. The summed E-state index contributed by atoms with van der Waals surface area (Å²) in [7, 11) is 1.73.